The number of nitrogens with zero attached hydrogens (tertiary/aromatic N) is 10. The number of rotatable bonds is 11. The lowest BCUT2D eigenvalue weighted by Crippen LogP contribution is -2.49. The molecule has 14 nitrogen and oxygen atoms in total. The van der Waals surface area contributed by atoms with Crippen LogP contribution in [0.1, 0.15) is 65.8 Å². The van der Waals surface area contributed by atoms with Crippen LogP contribution in [0.15, 0.2) is 75.9 Å². The molecule has 5 heterocycles. The van der Waals surface area contributed by atoms with E-state index in [-0.39, 0.29) is 35.3 Å². The average molecular weight is 892 g/mol. The van der Waals surface area contributed by atoms with Gasteiger partial charge in [0.1, 0.15) is 22.3 Å². The summed E-state index contributed by atoms with van der Waals surface area (Å²) >= 11 is 8.01. The Kier molecular flexibility index (Phi) is 13.3. The third-order valence-electron chi connectivity index (χ3n) is 12.7. The van der Waals surface area contributed by atoms with Crippen molar-refractivity contribution in [2.24, 2.45) is 21.1 Å². The predicted molar refractivity (Wildman–Crippen MR) is 251 cm³/mol. The van der Waals surface area contributed by atoms with Gasteiger partial charge in [-0.15, -0.1) is 21.5 Å². The fraction of sp³-hybridized carbons (Fsp3) is 0.404. The lowest BCUT2D eigenvalue weighted by molar-refractivity contribution is -0.133. The van der Waals surface area contributed by atoms with Crippen LogP contribution in [0.4, 0.5) is 5.00 Å². The fourth-order valence-corrected chi connectivity index (χ4v) is 10.3. The first-order chi connectivity index (χ1) is 30.4. The summed E-state index contributed by atoms with van der Waals surface area (Å²) in [5, 5.41) is 49.3. The molecule has 3 aliphatic heterocycles. The highest BCUT2D eigenvalue weighted by Gasteiger charge is 2.33. The number of carbonyl (C=O) groups is 1. The molecule has 0 unspecified atom stereocenters. The number of piperazine rings is 1. The molecular weight excluding hydrogens is 836 g/mol. The number of aryl methyl sites for hydroxylation is 2. The van der Waals surface area contributed by atoms with E-state index in [1.54, 1.807) is 17.4 Å². The van der Waals surface area contributed by atoms with Crippen molar-refractivity contribution in [1.29, 1.82) is 0 Å². The van der Waals surface area contributed by atoms with Crippen LogP contribution in [-0.4, -0.2) is 127 Å². The number of amides is 1. The molecule has 3 aliphatic rings. The molecule has 5 aromatic rings. The molecule has 2 fully saturated rings. The number of phenols is 2. The van der Waals surface area contributed by atoms with Gasteiger partial charge in [-0.25, -0.2) is 4.57 Å². The summed E-state index contributed by atoms with van der Waals surface area (Å²) in [4.78, 5) is 29.8. The van der Waals surface area contributed by atoms with Gasteiger partial charge in [0, 0.05) is 92.7 Å². The number of piperidine rings is 1. The van der Waals surface area contributed by atoms with Crippen LogP contribution < -0.4 is 4.90 Å². The minimum atomic E-state index is -0.291. The number of likely N-dealkylation sites (tertiary alicyclic amines) is 1. The van der Waals surface area contributed by atoms with Gasteiger partial charge in [-0.05, 0) is 93.0 Å². The topological polar surface area (TPSA) is 159 Å². The maximum absolute atomic E-state index is 14.0. The summed E-state index contributed by atoms with van der Waals surface area (Å²) in [5.41, 5.74) is 6.92. The number of benzene rings is 3. The highest BCUT2D eigenvalue weighted by atomic mass is 35.5. The Morgan fingerprint density at radius 1 is 0.921 bits per heavy atom. The summed E-state index contributed by atoms with van der Waals surface area (Å²) in [6.07, 6.45) is 2.84. The minimum absolute atomic E-state index is 0.0104. The molecule has 330 valence electrons. The second-order valence-corrected chi connectivity index (χ2v) is 18.4. The van der Waals surface area contributed by atoms with E-state index in [0.717, 1.165) is 104 Å². The highest BCUT2D eigenvalue weighted by Crippen LogP contribution is 2.41. The molecule has 0 radical (unpaired) electrons. The lowest BCUT2D eigenvalue weighted by atomic mass is 9.95. The second-order valence-electron chi connectivity index (χ2n) is 16.8. The van der Waals surface area contributed by atoms with Crippen molar-refractivity contribution in [2.75, 3.05) is 57.3 Å². The zero-order valence-electron chi connectivity index (χ0n) is 36.3. The van der Waals surface area contributed by atoms with E-state index in [1.807, 2.05) is 67.3 Å². The van der Waals surface area contributed by atoms with Crippen LogP contribution in [0.3, 0.4) is 0 Å². The maximum atomic E-state index is 14.0. The first kappa shape index (κ1) is 44.0. The van der Waals surface area contributed by atoms with E-state index in [4.69, 9.17) is 16.6 Å². The van der Waals surface area contributed by atoms with E-state index in [9.17, 15) is 20.1 Å². The molecule has 0 spiro atoms. The number of aliphatic imine (C=N–C) groups is 1. The smallest absolute Gasteiger partial charge is 0.319 e. The SMILES string of the molecule is C=N/N=C(/C)N1C[C@H](CC(=O)N2CCC(CN3CCN(Cc4ccc(-n5c(O)nnc5-c5cc(CC)c(O)cc5O)cc4)CC3)CC2)N=C(c2ccc(Cl)cc2)c2c1sc(C)c2C. The van der Waals surface area contributed by atoms with Crippen LogP contribution in [0, 0.1) is 19.8 Å². The van der Waals surface area contributed by atoms with Crippen LogP contribution in [0.25, 0.3) is 17.1 Å². The third-order valence-corrected chi connectivity index (χ3v) is 14.2. The van der Waals surface area contributed by atoms with E-state index in [1.165, 1.54) is 15.5 Å². The Balaban J connectivity index is 0.844. The molecule has 8 rings (SSSR count). The molecule has 0 saturated carbocycles. The molecule has 0 bridgehead atoms. The Labute approximate surface area is 377 Å². The molecule has 3 aromatic carbocycles. The number of hydrogen-bond acceptors (Lipinski definition) is 12. The summed E-state index contributed by atoms with van der Waals surface area (Å²) < 4.78 is 1.49. The van der Waals surface area contributed by atoms with Crippen molar-refractivity contribution < 1.29 is 20.1 Å². The number of aromatic nitrogens is 3. The first-order valence-corrected chi connectivity index (χ1v) is 22.8. The number of fused-ring (bicyclic) bond motifs is 1. The summed E-state index contributed by atoms with van der Waals surface area (Å²) in [7, 11) is 0. The van der Waals surface area contributed by atoms with E-state index >= 15 is 0 Å². The third kappa shape index (κ3) is 9.52. The van der Waals surface area contributed by atoms with Gasteiger partial charge in [-0.2, -0.15) is 5.10 Å². The number of anilines is 1. The molecule has 3 N–H and O–H groups in total. The molecule has 63 heavy (non-hydrogen) atoms. The van der Waals surface area contributed by atoms with Crippen LogP contribution in [0.2, 0.25) is 5.02 Å². The fourth-order valence-electron chi connectivity index (χ4n) is 9.00. The standard InChI is InChI=1S/C47H55ClN10O4S/c1-6-34-23-39(41(60)25-40(34)59)45-52-53-47(62)58(45)38-13-7-32(8-14-38)26-54-19-21-55(22-20-54)27-33-15-17-56(18-16-33)42(61)24-37-28-57(31(4)51-49-5)46-43(29(2)30(3)63-46)44(50-37)35-9-11-36(48)12-10-35/h7-14,23,25,33,37,59-60H,5-6,15-22,24,26-28H2,1-4H3,(H,53,62)/b51-31-/t37-/m0/s1. The second kappa shape index (κ2) is 19.0. The summed E-state index contributed by atoms with van der Waals surface area (Å²) in [6, 6.07) is 18.1. The average Bonchev–Trinajstić information content (AvgIpc) is 3.74. The zero-order valence-corrected chi connectivity index (χ0v) is 37.9. The molecule has 2 aromatic heterocycles. The number of carbonyl (C=O) groups excluding carboxylic acids is 1. The largest absolute Gasteiger partial charge is 0.508 e. The Morgan fingerprint density at radius 3 is 2.30 bits per heavy atom. The zero-order chi connectivity index (χ0) is 44.4. The van der Waals surface area contributed by atoms with E-state index in [0.29, 0.717) is 47.1 Å². The van der Waals surface area contributed by atoms with Gasteiger partial charge in [-0.3, -0.25) is 14.7 Å². The van der Waals surface area contributed by atoms with Gasteiger partial charge in [-0.1, -0.05) is 47.9 Å². The quantitative estimate of drug-likeness (QED) is 0.0696. The summed E-state index contributed by atoms with van der Waals surface area (Å²) in [6.45, 7) is 19.5. The van der Waals surface area contributed by atoms with Crippen molar-refractivity contribution in [3.8, 4) is 34.6 Å². The first-order valence-electron chi connectivity index (χ1n) is 21.6. The van der Waals surface area contributed by atoms with Crippen molar-refractivity contribution in [3.63, 3.8) is 0 Å². The van der Waals surface area contributed by atoms with Gasteiger partial charge in [0.15, 0.2) is 5.82 Å². The lowest BCUT2D eigenvalue weighted by Gasteiger charge is -2.39. The van der Waals surface area contributed by atoms with Crippen LogP contribution in [-0.2, 0) is 17.8 Å². The van der Waals surface area contributed by atoms with E-state index in [2.05, 4.69) is 55.7 Å². The van der Waals surface area contributed by atoms with Gasteiger partial charge in [0.05, 0.1) is 29.4 Å². The molecule has 16 heteroatoms. The molecule has 1 atom stereocenters. The number of halogens is 1. The number of thiophene rings is 1. The van der Waals surface area contributed by atoms with Gasteiger partial charge in [0.25, 0.3) is 0 Å². The minimum Gasteiger partial charge on any atom is -0.508 e. The van der Waals surface area contributed by atoms with Gasteiger partial charge >= 0.3 is 6.01 Å². The van der Waals surface area contributed by atoms with Crippen LogP contribution in [0.5, 0.6) is 17.5 Å². The Morgan fingerprint density at radius 2 is 1.62 bits per heavy atom. The highest BCUT2D eigenvalue weighted by molar-refractivity contribution is 7.17. The van der Waals surface area contributed by atoms with Crippen molar-refractivity contribution >= 4 is 52.1 Å². The van der Waals surface area contributed by atoms with Gasteiger partial charge < -0.3 is 30.0 Å². The van der Waals surface area contributed by atoms with E-state index < -0.39 is 0 Å². The molecule has 1 amide bonds. The monoisotopic (exact) mass is 890 g/mol. The Hall–Kier alpha value is -5.61. The van der Waals surface area contributed by atoms with Crippen molar-refractivity contribution in [2.45, 2.75) is 66.0 Å². The molecular formula is C47H55ClN10O4S. The number of amidine groups is 1. The predicted octanol–water partition coefficient (Wildman–Crippen LogP) is 7.45. The number of aromatic hydroxyl groups is 3. The molecule has 0 aliphatic carbocycles. The Bertz CT molecular complexity index is 2520. The van der Waals surface area contributed by atoms with Gasteiger partial charge in [0.2, 0.25) is 5.91 Å². The summed E-state index contributed by atoms with van der Waals surface area (Å²) in [5.74, 6) is 1.55. The van der Waals surface area contributed by atoms with Crippen molar-refractivity contribution in [3.05, 3.63) is 98.4 Å². The molecule has 2 saturated heterocycles. The van der Waals surface area contributed by atoms with Crippen molar-refractivity contribution in [1.82, 2.24) is 29.5 Å². The van der Waals surface area contributed by atoms with Crippen LogP contribution >= 0.6 is 22.9 Å². The number of phenolic OH excluding ortho intramolecular Hbond substituents is 2. The normalized spacial score (nSPS) is 18.0. The maximum Gasteiger partial charge on any atom is 0.319 e. The number of hydrogen-bond donors (Lipinski definition) is 3.